The lowest BCUT2D eigenvalue weighted by Crippen LogP contribution is -2.36. The second-order valence-corrected chi connectivity index (χ2v) is 6.56. The Morgan fingerprint density at radius 1 is 1.41 bits per heavy atom. The van der Waals surface area contributed by atoms with Crippen LogP contribution in [0.2, 0.25) is 0 Å². The van der Waals surface area contributed by atoms with Gasteiger partial charge in [-0.15, -0.1) is 10.2 Å². The smallest absolute Gasteiger partial charge is 0.404 e. The third kappa shape index (κ3) is 3.54. The molecule has 1 fully saturated rings. The van der Waals surface area contributed by atoms with Crippen LogP contribution in [-0.4, -0.2) is 40.5 Å². The zero-order chi connectivity index (χ0) is 15.5. The fourth-order valence-electron chi connectivity index (χ4n) is 2.55. The molecule has 0 saturated carbocycles. The van der Waals surface area contributed by atoms with Crippen LogP contribution in [0.25, 0.3) is 0 Å². The molecule has 2 heterocycles. The van der Waals surface area contributed by atoms with Crippen LogP contribution in [0.3, 0.4) is 0 Å². The average molecular weight is 318 g/mol. The quantitative estimate of drug-likeness (QED) is 0.904. The van der Waals surface area contributed by atoms with Gasteiger partial charge in [-0.05, 0) is 18.9 Å². The monoisotopic (exact) mass is 318 g/mol. The third-order valence-electron chi connectivity index (χ3n) is 3.72. The van der Waals surface area contributed by atoms with Gasteiger partial charge in [0.25, 0.3) is 0 Å². The molecule has 0 radical (unpaired) electrons. The molecule has 1 aliphatic heterocycles. The molecule has 1 aliphatic rings. The molecule has 2 N–H and O–H groups in total. The molecule has 3 rings (SSSR count). The number of hydrogen-bond donors (Lipinski definition) is 2. The number of hydrogen-bond acceptors (Lipinski definition) is 5. The molecule has 0 aliphatic carbocycles. The lowest BCUT2D eigenvalue weighted by molar-refractivity contribution is 0.191. The number of anilines is 1. The minimum Gasteiger partial charge on any atom is -0.465 e. The first-order valence-electron chi connectivity index (χ1n) is 7.22. The van der Waals surface area contributed by atoms with Crippen LogP contribution in [0, 0.1) is 6.92 Å². The number of aromatic nitrogens is 2. The molecule has 2 aromatic rings. The predicted octanol–water partition coefficient (Wildman–Crippen LogP) is 2.28. The third-order valence-corrected chi connectivity index (χ3v) is 4.70. The normalized spacial score (nSPS) is 17.7. The van der Waals surface area contributed by atoms with Crippen molar-refractivity contribution in [3.05, 3.63) is 40.4 Å². The van der Waals surface area contributed by atoms with Crippen molar-refractivity contribution >= 4 is 22.6 Å². The first-order valence-corrected chi connectivity index (χ1v) is 8.04. The standard InChI is InChI=1S/C15H18N4O2S/c1-10-2-4-11(5-3-10)8-13-17-18-14(22-13)19-7-6-12(9-19)16-15(20)21/h2-5,12,16H,6-9H2,1H3,(H,20,21)/t12-/m0/s1. The number of benzene rings is 1. The van der Waals surface area contributed by atoms with Crippen molar-refractivity contribution in [3.63, 3.8) is 0 Å². The highest BCUT2D eigenvalue weighted by Crippen LogP contribution is 2.25. The van der Waals surface area contributed by atoms with Crippen LogP contribution in [0.5, 0.6) is 0 Å². The van der Waals surface area contributed by atoms with Gasteiger partial charge in [-0.1, -0.05) is 41.2 Å². The van der Waals surface area contributed by atoms with Crippen molar-refractivity contribution < 1.29 is 9.90 Å². The van der Waals surface area contributed by atoms with Crippen molar-refractivity contribution in [2.24, 2.45) is 0 Å². The number of carbonyl (C=O) groups is 1. The minimum atomic E-state index is -0.968. The largest absolute Gasteiger partial charge is 0.465 e. The van der Waals surface area contributed by atoms with Gasteiger partial charge in [0.05, 0.1) is 6.04 Å². The molecule has 1 amide bonds. The van der Waals surface area contributed by atoms with Gasteiger partial charge in [0, 0.05) is 19.5 Å². The summed E-state index contributed by atoms with van der Waals surface area (Å²) in [6, 6.07) is 8.39. The minimum absolute atomic E-state index is 0.0260. The molecule has 22 heavy (non-hydrogen) atoms. The Balaban J connectivity index is 1.62. The van der Waals surface area contributed by atoms with Crippen LogP contribution in [0.4, 0.5) is 9.93 Å². The topological polar surface area (TPSA) is 78.4 Å². The molecule has 1 aromatic carbocycles. The van der Waals surface area contributed by atoms with E-state index in [9.17, 15) is 4.79 Å². The molecular weight excluding hydrogens is 300 g/mol. The maximum Gasteiger partial charge on any atom is 0.404 e. The maximum absolute atomic E-state index is 10.7. The molecular formula is C15H18N4O2S. The van der Waals surface area contributed by atoms with E-state index in [-0.39, 0.29) is 6.04 Å². The first-order chi connectivity index (χ1) is 10.6. The summed E-state index contributed by atoms with van der Waals surface area (Å²) in [6.45, 7) is 3.54. The second-order valence-electron chi connectivity index (χ2n) is 5.52. The van der Waals surface area contributed by atoms with Crippen molar-refractivity contribution in [1.82, 2.24) is 15.5 Å². The van der Waals surface area contributed by atoms with E-state index in [0.717, 1.165) is 29.5 Å². The Morgan fingerprint density at radius 3 is 2.91 bits per heavy atom. The molecule has 116 valence electrons. The lowest BCUT2D eigenvalue weighted by Gasteiger charge is -2.13. The van der Waals surface area contributed by atoms with Crippen LogP contribution < -0.4 is 10.2 Å². The van der Waals surface area contributed by atoms with Crippen molar-refractivity contribution in [2.45, 2.75) is 25.8 Å². The molecule has 7 heteroatoms. The Labute approximate surface area is 132 Å². The van der Waals surface area contributed by atoms with Gasteiger partial charge in [-0.2, -0.15) is 0 Å². The molecule has 1 saturated heterocycles. The Morgan fingerprint density at radius 2 is 2.18 bits per heavy atom. The van der Waals surface area contributed by atoms with E-state index in [4.69, 9.17) is 5.11 Å². The summed E-state index contributed by atoms with van der Waals surface area (Å²) in [7, 11) is 0. The summed E-state index contributed by atoms with van der Waals surface area (Å²) in [5.41, 5.74) is 2.47. The van der Waals surface area contributed by atoms with Gasteiger partial charge in [0.2, 0.25) is 5.13 Å². The fourth-order valence-corrected chi connectivity index (χ4v) is 3.46. The zero-order valence-corrected chi connectivity index (χ0v) is 13.1. The molecule has 1 atom stereocenters. The molecule has 1 aromatic heterocycles. The first kappa shape index (κ1) is 14.8. The number of rotatable bonds is 4. The van der Waals surface area contributed by atoms with Crippen molar-refractivity contribution in [3.8, 4) is 0 Å². The van der Waals surface area contributed by atoms with Gasteiger partial charge in [-0.25, -0.2) is 4.79 Å². The highest BCUT2D eigenvalue weighted by Gasteiger charge is 2.26. The van der Waals surface area contributed by atoms with Gasteiger partial charge in [0.1, 0.15) is 5.01 Å². The van der Waals surface area contributed by atoms with E-state index >= 15 is 0 Å². The molecule has 6 nitrogen and oxygen atoms in total. The van der Waals surface area contributed by atoms with E-state index in [1.165, 1.54) is 11.1 Å². The van der Waals surface area contributed by atoms with Crippen LogP contribution in [-0.2, 0) is 6.42 Å². The van der Waals surface area contributed by atoms with Crippen LogP contribution >= 0.6 is 11.3 Å². The summed E-state index contributed by atoms with van der Waals surface area (Å²) in [5.74, 6) is 0. The number of carboxylic acid groups (broad SMARTS) is 1. The molecule has 0 unspecified atom stereocenters. The van der Waals surface area contributed by atoms with Gasteiger partial charge in [0.15, 0.2) is 0 Å². The van der Waals surface area contributed by atoms with Crippen molar-refractivity contribution in [2.75, 3.05) is 18.0 Å². The highest BCUT2D eigenvalue weighted by molar-refractivity contribution is 7.15. The van der Waals surface area contributed by atoms with Crippen molar-refractivity contribution in [1.29, 1.82) is 0 Å². The van der Waals surface area contributed by atoms with E-state index in [1.807, 2.05) is 0 Å². The molecule has 0 spiro atoms. The Hall–Kier alpha value is -2.15. The van der Waals surface area contributed by atoms with Crippen LogP contribution in [0.15, 0.2) is 24.3 Å². The maximum atomic E-state index is 10.7. The van der Waals surface area contributed by atoms with E-state index in [2.05, 4.69) is 51.6 Å². The van der Waals surface area contributed by atoms with Crippen LogP contribution in [0.1, 0.15) is 22.6 Å². The number of aryl methyl sites for hydroxylation is 1. The molecule has 0 bridgehead atoms. The Kier molecular flexibility index (Phi) is 4.24. The van der Waals surface area contributed by atoms with Gasteiger partial charge < -0.3 is 15.3 Å². The number of nitrogens with zero attached hydrogens (tertiary/aromatic N) is 3. The van der Waals surface area contributed by atoms with E-state index in [1.54, 1.807) is 11.3 Å². The zero-order valence-electron chi connectivity index (χ0n) is 12.3. The summed E-state index contributed by atoms with van der Waals surface area (Å²) < 4.78 is 0. The highest BCUT2D eigenvalue weighted by atomic mass is 32.1. The fraction of sp³-hybridized carbons (Fsp3) is 0.400. The Bertz CT molecular complexity index is 656. The summed E-state index contributed by atoms with van der Waals surface area (Å²) >= 11 is 1.58. The number of nitrogens with one attached hydrogen (secondary N) is 1. The SMILES string of the molecule is Cc1ccc(Cc2nnc(N3CC[C@H](NC(=O)O)C3)s2)cc1. The lowest BCUT2D eigenvalue weighted by atomic mass is 10.1. The second kappa shape index (κ2) is 6.31. The van der Waals surface area contributed by atoms with E-state index < -0.39 is 6.09 Å². The predicted molar refractivity (Wildman–Crippen MR) is 85.7 cm³/mol. The van der Waals surface area contributed by atoms with Gasteiger partial charge in [-0.3, -0.25) is 0 Å². The summed E-state index contributed by atoms with van der Waals surface area (Å²) in [4.78, 5) is 12.8. The average Bonchev–Trinajstić information content (AvgIpc) is 3.10. The van der Waals surface area contributed by atoms with E-state index in [0.29, 0.717) is 6.54 Å². The number of amides is 1. The summed E-state index contributed by atoms with van der Waals surface area (Å²) in [6.07, 6.45) is 0.617. The van der Waals surface area contributed by atoms with Gasteiger partial charge >= 0.3 is 6.09 Å². The summed E-state index contributed by atoms with van der Waals surface area (Å²) in [5, 5.41) is 21.6.